The molecule has 0 saturated carbocycles. The number of hydrogen-bond acceptors (Lipinski definition) is 6. The van der Waals surface area contributed by atoms with Crippen LogP contribution in [0.3, 0.4) is 0 Å². The Hall–Kier alpha value is -5.09. The molecule has 0 bridgehead atoms. The molecule has 3 N–H and O–H groups in total. The molecule has 1 amide bonds. The minimum atomic E-state index is -0.389. The molecule has 0 aliphatic carbocycles. The van der Waals surface area contributed by atoms with Gasteiger partial charge in [-0.3, -0.25) is 19.9 Å². The molecule has 9 nitrogen and oxygen atoms in total. The Morgan fingerprint density at radius 1 is 0.953 bits per heavy atom. The number of pyridine rings is 2. The number of carbonyl (C=O) groups excluding carboxylic acids is 1. The van der Waals surface area contributed by atoms with Gasteiger partial charge in [-0.25, -0.2) is 4.39 Å². The van der Waals surface area contributed by atoms with E-state index in [0.717, 1.165) is 50.9 Å². The predicted molar refractivity (Wildman–Crippen MR) is 167 cm³/mol. The Bertz CT molecular complexity index is 1940. The number of likely N-dealkylation sites (N-methyl/N-ethyl adjacent to an activating group) is 1. The van der Waals surface area contributed by atoms with Crippen molar-refractivity contribution in [3.8, 4) is 39.5 Å². The van der Waals surface area contributed by atoms with Crippen LogP contribution in [0.4, 0.5) is 10.1 Å². The number of hydrogen-bond donors (Lipinski definition) is 3. The number of carbonyl (C=O) groups is 1. The van der Waals surface area contributed by atoms with Crippen molar-refractivity contribution in [2.45, 2.75) is 13.8 Å². The van der Waals surface area contributed by atoms with Crippen LogP contribution in [0.25, 0.3) is 55.6 Å². The van der Waals surface area contributed by atoms with Crippen molar-refractivity contribution in [1.82, 2.24) is 30.0 Å². The molecule has 218 valence electrons. The van der Waals surface area contributed by atoms with Crippen molar-refractivity contribution < 1.29 is 13.9 Å². The molecule has 6 aromatic rings. The maximum Gasteiger partial charge on any atom is 0.226 e. The first-order chi connectivity index (χ1) is 20.7. The highest BCUT2D eigenvalue weighted by atomic mass is 19.1. The lowest BCUT2D eigenvalue weighted by molar-refractivity contribution is -0.118. The lowest BCUT2D eigenvalue weighted by atomic mass is 10.0. The van der Waals surface area contributed by atoms with E-state index in [1.165, 1.54) is 12.1 Å². The molecule has 0 unspecified atom stereocenters. The fourth-order valence-corrected chi connectivity index (χ4v) is 4.89. The number of nitrogens with one attached hydrogen (secondary N) is 3. The van der Waals surface area contributed by atoms with Crippen molar-refractivity contribution in [2.75, 3.05) is 32.6 Å². The number of aromatic nitrogens is 5. The molecule has 0 fully saturated rings. The summed E-state index contributed by atoms with van der Waals surface area (Å²) in [5, 5.41) is 12.4. The average Bonchev–Trinajstić information content (AvgIpc) is 3.60. The van der Waals surface area contributed by atoms with Gasteiger partial charge in [0, 0.05) is 58.3 Å². The van der Waals surface area contributed by atoms with E-state index in [4.69, 9.17) is 4.74 Å². The van der Waals surface area contributed by atoms with Crippen molar-refractivity contribution in [3.63, 3.8) is 0 Å². The molecule has 4 aromatic heterocycles. The quantitative estimate of drug-likeness (QED) is 0.181. The molecule has 0 radical (unpaired) electrons. The minimum absolute atomic E-state index is 0.0643. The second-order valence-electron chi connectivity index (χ2n) is 11.1. The summed E-state index contributed by atoms with van der Waals surface area (Å²) in [7, 11) is 3.92. The Morgan fingerprint density at radius 2 is 1.79 bits per heavy atom. The van der Waals surface area contributed by atoms with Crippen LogP contribution in [-0.4, -0.2) is 63.2 Å². The summed E-state index contributed by atoms with van der Waals surface area (Å²) < 4.78 is 20.4. The summed E-state index contributed by atoms with van der Waals surface area (Å²) in [6, 6.07) is 16.5. The van der Waals surface area contributed by atoms with Crippen LogP contribution in [0.15, 0.2) is 73.2 Å². The first kappa shape index (κ1) is 28.0. The van der Waals surface area contributed by atoms with Gasteiger partial charge in [0.05, 0.1) is 28.8 Å². The van der Waals surface area contributed by atoms with Gasteiger partial charge in [0.2, 0.25) is 5.91 Å². The molecule has 0 aliphatic rings. The zero-order valence-electron chi connectivity index (χ0n) is 24.4. The normalized spacial score (nSPS) is 11.6. The number of rotatable bonds is 9. The first-order valence-corrected chi connectivity index (χ1v) is 14.1. The number of anilines is 1. The second kappa shape index (κ2) is 11.7. The van der Waals surface area contributed by atoms with Crippen LogP contribution in [0, 0.1) is 11.7 Å². The number of nitrogens with zero attached hydrogens (tertiary/aromatic N) is 4. The van der Waals surface area contributed by atoms with E-state index >= 15 is 0 Å². The highest BCUT2D eigenvalue weighted by molar-refractivity contribution is 6.01. The Kier molecular flexibility index (Phi) is 7.60. The highest BCUT2D eigenvalue weighted by Crippen LogP contribution is 2.35. The van der Waals surface area contributed by atoms with E-state index in [0.29, 0.717) is 29.3 Å². The predicted octanol–water partition coefficient (Wildman–Crippen LogP) is 6.51. The Morgan fingerprint density at radius 3 is 2.60 bits per heavy atom. The fourth-order valence-electron chi connectivity index (χ4n) is 4.89. The molecule has 6 rings (SSSR count). The van der Waals surface area contributed by atoms with Gasteiger partial charge in [-0.05, 0) is 62.1 Å². The van der Waals surface area contributed by atoms with Gasteiger partial charge >= 0.3 is 0 Å². The third kappa shape index (κ3) is 5.96. The summed E-state index contributed by atoms with van der Waals surface area (Å²) in [6.07, 6.45) is 5.11. The summed E-state index contributed by atoms with van der Waals surface area (Å²) in [5.74, 6) is -0.130. The van der Waals surface area contributed by atoms with E-state index in [1.54, 1.807) is 18.6 Å². The lowest BCUT2D eigenvalue weighted by Crippen LogP contribution is -2.19. The minimum Gasteiger partial charge on any atom is -0.492 e. The first-order valence-electron chi connectivity index (χ1n) is 14.1. The fraction of sp³-hybridized carbons (Fsp3) is 0.212. The maximum absolute atomic E-state index is 14.6. The smallest absolute Gasteiger partial charge is 0.226 e. The van der Waals surface area contributed by atoms with Crippen LogP contribution in [-0.2, 0) is 4.79 Å². The van der Waals surface area contributed by atoms with Crippen LogP contribution in [0.1, 0.15) is 13.8 Å². The highest BCUT2D eigenvalue weighted by Gasteiger charge is 2.16. The third-order valence-electron chi connectivity index (χ3n) is 7.18. The number of halogens is 1. The molecule has 43 heavy (non-hydrogen) atoms. The van der Waals surface area contributed by atoms with Crippen molar-refractivity contribution in [3.05, 3.63) is 79.0 Å². The Labute approximate surface area is 248 Å². The average molecular weight is 578 g/mol. The van der Waals surface area contributed by atoms with E-state index in [1.807, 2.05) is 75.3 Å². The van der Waals surface area contributed by atoms with E-state index in [9.17, 15) is 9.18 Å². The zero-order valence-corrected chi connectivity index (χ0v) is 24.4. The number of fused-ring (bicyclic) bond motifs is 2. The summed E-state index contributed by atoms with van der Waals surface area (Å²) >= 11 is 0. The molecule has 0 atom stereocenters. The van der Waals surface area contributed by atoms with Gasteiger partial charge in [-0.15, -0.1) is 0 Å². The van der Waals surface area contributed by atoms with Crippen LogP contribution >= 0.6 is 0 Å². The third-order valence-corrected chi connectivity index (χ3v) is 7.18. The number of benzene rings is 2. The largest absolute Gasteiger partial charge is 0.492 e. The number of ether oxygens (including phenoxy) is 1. The van der Waals surface area contributed by atoms with Crippen LogP contribution in [0.5, 0.6) is 5.75 Å². The maximum atomic E-state index is 14.6. The number of amides is 1. The molecule has 4 heterocycles. The van der Waals surface area contributed by atoms with E-state index < -0.39 is 0 Å². The van der Waals surface area contributed by atoms with Gasteiger partial charge < -0.3 is 19.9 Å². The monoisotopic (exact) mass is 577 g/mol. The van der Waals surface area contributed by atoms with Gasteiger partial charge in [-0.2, -0.15) is 5.10 Å². The topological polar surface area (TPSA) is 112 Å². The van der Waals surface area contributed by atoms with E-state index in [2.05, 4.69) is 30.5 Å². The van der Waals surface area contributed by atoms with Crippen molar-refractivity contribution in [1.29, 1.82) is 0 Å². The standard InChI is InChI=1S/C33H32FN7O2/c1-19(2)33(42)37-24-12-22(17-35-18-24)20-5-6-29-26(14-20)32(40-39-29)30-16-27-28(38-30)7-8-36-31(27)21-11-23(34)15-25(13-21)43-10-9-41(3)4/h5-8,11-19,38H,9-10H2,1-4H3,(H,37,42)(H,39,40). The molecule has 0 spiro atoms. The van der Waals surface area contributed by atoms with Crippen molar-refractivity contribution in [2.24, 2.45) is 5.92 Å². The van der Waals surface area contributed by atoms with Gasteiger partial charge in [0.15, 0.2) is 0 Å². The molecule has 2 aromatic carbocycles. The van der Waals surface area contributed by atoms with Gasteiger partial charge in [0.25, 0.3) is 0 Å². The van der Waals surface area contributed by atoms with Crippen molar-refractivity contribution >= 4 is 33.4 Å². The second-order valence-corrected chi connectivity index (χ2v) is 11.1. The van der Waals surface area contributed by atoms with Crippen LogP contribution in [0.2, 0.25) is 0 Å². The SMILES string of the molecule is CC(C)C(=O)Nc1cncc(-c2ccc3[nH]nc(-c4cc5c(-c6cc(F)cc(OCCN(C)C)c6)nccc5[nH]4)c3c2)c1. The number of aromatic amines is 2. The summed E-state index contributed by atoms with van der Waals surface area (Å²) in [6.45, 7) is 4.86. The van der Waals surface area contributed by atoms with Gasteiger partial charge in [0.1, 0.15) is 23.9 Å². The van der Waals surface area contributed by atoms with Crippen LogP contribution < -0.4 is 10.1 Å². The van der Waals surface area contributed by atoms with Gasteiger partial charge in [-0.1, -0.05) is 19.9 Å². The zero-order chi connectivity index (χ0) is 30.1. The number of H-pyrrole nitrogens is 2. The molecule has 0 saturated heterocycles. The molecule has 0 aliphatic heterocycles. The molecular formula is C33H32FN7O2. The molecular weight excluding hydrogens is 545 g/mol. The summed E-state index contributed by atoms with van der Waals surface area (Å²) in [4.78, 5) is 26.6. The summed E-state index contributed by atoms with van der Waals surface area (Å²) in [5.41, 5.74) is 6.97. The Balaban J connectivity index is 1.36. The lowest BCUT2D eigenvalue weighted by Gasteiger charge is -2.12. The molecule has 10 heteroatoms. The van der Waals surface area contributed by atoms with E-state index in [-0.39, 0.29) is 17.6 Å².